The number of likely N-dealkylation sites (N-methyl/N-ethyl adjacent to an activating group) is 1. The fourth-order valence-corrected chi connectivity index (χ4v) is 4.12. The number of carbonyl (C=O) groups is 3. The first kappa shape index (κ1) is 28.0. The van der Waals surface area contributed by atoms with Gasteiger partial charge in [0.25, 0.3) is 5.91 Å². The first-order chi connectivity index (χ1) is 16.6. The highest BCUT2D eigenvalue weighted by Crippen LogP contribution is 2.27. The number of hydrogen-bond donors (Lipinski definition) is 3. The number of aryl methyl sites for hydroxylation is 1. The predicted octanol–water partition coefficient (Wildman–Crippen LogP) is 3.19. The maximum Gasteiger partial charge on any atom is 0.272 e. The summed E-state index contributed by atoms with van der Waals surface area (Å²) >= 11 is 0. The van der Waals surface area contributed by atoms with Crippen molar-refractivity contribution in [3.8, 4) is 11.1 Å². The van der Waals surface area contributed by atoms with Gasteiger partial charge in [-0.1, -0.05) is 75.4 Å². The minimum Gasteiger partial charge on any atom is -0.371 e. The quantitative estimate of drug-likeness (QED) is 0.336. The molecule has 2 aromatic rings. The average Bonchev–Trinajstić information content (AvgIpc) is 2.85. The molecule has 0 bridgehead atoms. The number of amides is 3. The molecule has 2 rings (SSSR count). The van der Waals surface area contributed by atoms with Gasteiger partial charge < -0.3 is 15.0 Å². The summed E-state index contributed by atoms with van der Waals surface area (Å²) in [6, 6.07) is 17.7. The molecule has 0 aliphatic heterocycles. The van der Waals surface area contributed by atoms with E-state index in [1.54, 1.807) is 0 Å². The van der Waals surface area contributed by atoms with Gasteiger partial charge in [-0.25, -0.2) is 5.48 Å². The zero-order chi connectivity index (χ0) is 26.0. The van der Waals surface area contributed by atoms with Gasteiger partial charge >= 0.3 is 0 Å². The SMILES string of the molecule is CNC(=O)[C@@H](N(CCCc1ccc(-c2ccccc2)cc1)C(=O)CC(OC)C(=O)NO)C(C)(C)C. The number of hydrogen-bond acceptors (Lipinski definition) is 5. The van der Waals surface area contributed by atoms with Crippen molar-refractivity contribution < 1.29 is 24.3 Å². The minimum absolute atomic E-state index is 0.279. The summed E-state index contributed by atoms with van der Waals surface area (Å²) in [5, 5.41) is 11.6. The lowest BCUT2D eigenvalue weighted by Crippen LogP contribution is -2.56. The van der Waals surface area contributed by atoms with E-state index in [-0.39, 0.29) is 12.3 Å². The van der Waals surface area contributed by atoms with Crippen LogP contribution in [-0.2, 0) is 25.5 Å². The van der Waals surface area contributed by atoms with E-state index in [1.165, 1.54) is 24.5 Å². The Hall–Kier alpha value is -3.23. The summed E-state index contributed by atoms with van der Waals surface area (Å²) in [4.78, 5) is 39.5. The molecule has 2 aromatic carbocycles. The Morgan fingerprint density at radius 1 is 0.971 bits per heavy atom. The van der Waals surface area contributed by atoms with E-state index in [2.05, 4.69) is 41.7 Å². The van der Waals surface area contributed by atoms with Gasteiger partial charge in [-0.3, -0.25) is 19.6 Å². The molecule has 3 amide bonds. The van der Waals surface area contributed by atoms with Gasteiger partial charge in [0.05, 0.1) is 6.42 Å². The molecule has 0 radical (unpaired) electrons. The summed E-state index contributed by atoms with van der Waals surface area (Å²) in [6.07, 6.45) is -0.109. The summed E-state index contributed by atoms with van der Waals surface area (Å²) in [6.45, 7) is 6.00. The first-order valence-electron chi connectivity index (χ1n) is 11.7. The van der Waals surface area contributed by atoms with Gasteiger partial charge in [-0.05, 0) is 34.9 Å². The van der Waals surface area contributed by atoms with Crippen LogP contribution in [0.25, 0.3) is 11.1 Å². The fourth-order valence-electron chi connectivity index (χ4n) is 4.12. The van der Waals surface area contributed by atoms with Crippen LogP contribution in [0.4, 0.5) is 0 Å². The zero-order valence-electron chi connectivity index (χ0n) is 21.2. The van der Waals surface area contributed by atoms with E-state index in [4.69, 9.17) is 9.94 Å². The van der Waals surface area contributed by atoms with Crippen LogP contribution in [0.15, 0.2) is 54.6 Å². The molecule has 190 valence electrons. The normalized spacial score (nSPS) is 13.0. The van der Waals surface area contributed by atoms with Crippen molar-refractivity contribution in [1.29, 1.82) is 0 Å². The molecule has 8 nitrogen and oxygen atoms in total. The molecule has 8 heteroatoms. The van der Waals surface area contributed by atoms with Crippen LogP contribution < -0.4 is 10.8 Å². The van der Waals surface area contributed by atoms with Crippen LogP contribution in [0.5, 0.6) is 0 Å². The lowest BCUT2D eigenvalue weighted by atomic mass is 9.84. The number of carbonyl (C=O) groups excluding carboxylic acids is 3. The van der Waals surface area contributed by atoms with Crippen molar-refractivity contribution in [3.05, 3.63) is 60.2 Å². The van der Waals surface area contributed by atoms with Crippen LogP contribution >= 0.6 is 0 Å². The average molecular weight is 484 g/mol. The minimum atomic E-state index is -1.16. The Bertz CT molecular complexity index is 971. The molecule has 2 atom stereocenters. The predicted molar refractivity (Wildman–Crippen MR) is 135 cm³/mol. The molecule has 3 N–H and O–H groups in total. The smallest absolute Gasteiger partial charge is 0.272 e. The highest BCUT2D eigenvalue weighted by Gasteiger charge is 2.39. The third-order valence-corrected chi connectivity index (χ3v) is 5.92. The number of ether oxygens (including phenoxy) is 1. The largest absolute Gasteiger partial charge is 0.371 e. The van der Waals surface area contributed by atoms with Crippen LogP contribution in [-0.4, -0.2) is 60.7 Å². The van der Waals surface area contributed by atoms with Gasteiger partial charge in [-0.2, -0.15) is 0 Å². The van der Waals surface area contributed by atoms with E-state index >= 15 is 0 Å². The van der Waals surface area contributed by atoms with Gasteiger partial charge in [0.15, 0.2) is 0 Å². The summed E-state index contributed by atoms with van der Waals surface area (Å²) in [5.41, 5.74) is 4.38. The van der Waals surface area contributed by atoms with E-state index in [0.29, 0.717) is 19.4 Å². The Balaban J connectivity index is 2.17. The monoisotopic (exact) mass is 483 g/mol. The van der Waals surface area contributed by atoms with Crippen LogP contribution in [0.2, 0.25) is 0 Å². The van der Waals surface area contributed by atoms with Crippen LogP contribution in [0.3, 0.4) is 0 Å². The molecular weight excluding hydrogens is 446 g/mol. The number of hydroxylamine groups is 1. The highest BCUT2D eigenvalue weighted by atomic mass is 16.5. The number of rotatable bonds is 11. The number of nitrogens with one attached hydrogen (secondary N) is 2. The van der Waals surface area contributed by atoms with Gasteiger partial charge in [0.1, 0.15) is 12.1 Å². The van der Waals surface area contributed by atoms with Gasteiger partial charge in [-0.15, -0.1) is 0 Å². The second kappa shape index (κ2) is 13.0. The van der Waals surface area contributed by atoms with Crippen LogP contribution in [0.1, 0.15) is 39.2 Å². The number of nitrogens with zero attached hydrogens (tertiary/aromatic N) is 1. The molecule has 35 heavy (non-hydrogen) atoms. The van der Waals surface area contributed by atoms with E-state index in [0.717, 1.165) is 16.7 Å². The molecule has 0 heterocycles. The van der Waals surface area contributed by atoms with Crippen molar-refractivity contribution in [1.82, 2.24) is 15.7 Å². The highest BCUT2D eigenvalue weighted by molar-refractivity contribution is 5.91. The van der Waals surface area contributed by atoms with Gasteiger partial charge in [0, 0.05) is 20.7 Å². The summed E-state index contributed by atoms with van der Waals surface area (Å²) in [5.74, 6) is -1.49. The second-order valence-electron chi connectivity index (χ2n) is 9.54. The molecule has 0 aromatic heterocycles. The molecule has 0 saturated carbocycles. The Morgan fingerprint density at radius 2 is 1.57 bits per heavy atom. The lowest BCUT2D eigenvalue weighted by Gasteiger charge is -2.39. The molecule has 0 fully saturated rings. The summed E-state index contributed by atoms with van der Waals surface area (Å²) in [7, 11) is 2.83. The number of benzene rings is 2. The molecular formula is C27H37N3O5. The topological polar surface area (TPSA) is 108 Å². The van der Waals surface area contributed by atoms with Crippen molar-refractivity contribution in [2.24, 2.45) is 5.41 Å². The third-order valence-electron chi connectivity index (χ3n) is 5.92. The van der Waals surface area contributed by atoms with Crippen molar-refractivity contribution in [2.45, 2.75) is 52.2 Å². The standard InChI is InChI=1S/C27H37N3O5/c1-27(2,3)24(26(33)28-4)30(23(31)18-22(35-5)25(32)29-34)17-9-10-19-13-15-21(16-14-19)20-11-7-6-8-12-20/h6-8,11-16,22,24,34H,9-10,17-18H2,1-5H3,(H,28,33)(H,29,32)/t22?,24-/m1/s1. The third kappa shape index (κ3) is 7.90. The zero-order valence-corrected chi connectivity index (χ0v) is 21.2. The number of methoxy groups -OCH3 is 1. The van der Waals surface area contributed by atoms with E-state index < -0.39 is 29.4 Å². The Morgan fingerprint density at radius 3 is 2.09 bits per heavy atom. The molecule has 0 saturated heterocycles. The lowest BCUT2D eigenvalue weighted by molar-refractivity contribution is -0.151. The Kier molecular flexibility index (Phi) is 10.4. The first-order valence-corrected chi connectivity index (χ1v) is 11.7. The maximum absolute atomic E-state index is 13.3. The van der Waals surface area contributed by atoms with Crippen molar-refractivity contribution >= 4 is 17.7 Å². The molecule has 0 spiro atoms. The van der Waals surface area contributed by atoms with E-state index in [1.807, 2.05) is 39.0 Å². The summed E-state index contributed by atoms with van der Waals surface area (Å²) < 4.78 is 5.08. The van der Waals surface area contributed by atoms with Gasteiger partial charge in [0.2, 0.25) is 11.8 Å². The van der Waals surface area contributed by atoms with E-state index in [9.17, 15) is 14.4 Å². The maximum atomic E-state index is 13.3. The van der Waals surface area contributed by atoms with Crippen LogP contribution in [0, 0.1) is 5.41 Å². The Labute approximate surface area is 207 Å². The second-order valence-corrected chi connectivity index (χ2v) is 9.54. The van der Waals surface area contributed by atoms with Crippen molar-refractivity contribution in [2.75, 3.05) is 20.7 Å². The van der Waals surface area contributed by atoms with Crippen molar-refractivity contribution in [3.63, 3.8) is 0 Å². The molecule has 1 unspecified atom stereocenters. The molecule has 0 aliphatic rings. The molecule has 0 aliphatic carbocycles. The fraction of sp³-hybridized carbons (Fsp3) is 0.444.